The summed E-state index contributed by atoms with van der Waals surface area (Å²) in [5, 5.41) is 10.4. The average Bonchev–Trinajstić information content (AvgIpc) is 3.14. The summed E-state index contributed by atoms with van der Waals surface area (Å²) in [5.41, 5.74) is 1.15. The van der Waals surface area contributed by atoms with Crippen molar-refractivity contribution in [2.45, 2.75) is 56.9 Å². The molecular weight excluding hydrogens is 370 g/mol. The van der Waals surface area contributed by atoms with Gasteiger partial charge in [-0.05, 0) is 44.6 Å². The number of carbonyl (C=O) groups is 1. The zero-order chi connectivity index (χ0) is 18.3. The third-order valence-electron chi connectivity index (χ3n) is 5.21. The van der Waals surface area contributed by atoms with E-state index >= 15 is 0 Å². The van der Waals surface area contributed by atoms with Crippen molar-refractivity contribution in [1.82, 2.24) is 14.9 Å². The molecule has 0 aromatic carbocycles. The smallest absolute Gasteiger partial charge is 0.259 e. The summed E-state index contributed by atoms with van der Waals surface area (Å²) < 4.78 is 0. The van der Waals surface area contributed by atoms with E-state index in [0.29, 0.717) is 30.3 Å². The highest BCUT2D eigenvalue weighted by atomic mass is 32.2. The van der Waals surface area contributed by atoms with Crippen molar-refractivity contribution < 1.29 is 9.90 Å². The van der Waals surface area contributed by atoms with Crippen molar-refractivity contribution in [3.63, 3.8) is 0 Å². The number of thiophene rings is 1. The molecule has 2 N–H and O–H groups in total. The van der Waals surface area contributed by atoms with Crippen molar-refractivity contribution >= 4 is 39.2 Å². The Morgan fingerprint density at radius 2 is 2.23 bits per heavy atom. The monoisotopic (exact) mass is 393 g/mol. The molecule has 2 aromatic rings. The van der Waals surface area contributed by atoms with E-state index in [1.165, 1.54) is 28.6 Å². The van der Waals surface area contributed by atoms with Gasteiger partial charge in [-0.3, -0.25) is 9.59 Å². The molecule has 4 rings (SSSR count). The number of aromatic nitrogens is 2. The zero-order valence-electron chi connectivity index (χ0n) is 14.8. The number of H-pyrrole nitrogens is 1. The molecule has 26 heavy (non-hydrogen) atoms. The largest absolute Gasteiger partial charge is 0.391 e. The lowest BCUT2D eigenvalue weighted by Crippen LogP contribution is -2.35. The molecule has 3 heterocycles. The van der Waals surface area contributed by atoms with Gasteiger partial charge >= 0.3 is 0 Å². The Labute approximate surface area is 160 Å². The van der Waals surface area contributed by atoms with Gasteiger partial charge in [0.15, 0.2) is 0 Å². The summed E-state index contributed by atoms with van der Waals surface area (Å²) in [6, 6.07) is 0.0878. The molecule has 1 amide bonds. The first-order valence-corrected chi connectivity index (χ1v) is 11.1. The lowest BCUT2D eigenvalue weighted by Gasteiger charge is -2.20. The second-order valence-corrected chi connectivity index (χ2v) is 9.25. The number of likely N-dealkylation sites (tertiary alicyclic amines) is 1. The van der Waals surface area contributed by atoms with Gasteiger partial charge in [0.2, 0.25) is 5.91 Å². The average molecular weight is 394 g/mol. The van der Waals surface area contributed by atoms with E-state index in [0.717, 1.165) is 29.5 Å². The van der Waals surface area contributed by atoms with Crippen LogP contribution in [0.1, 0.15) is 42.5 Å². The van der Waals surface area contributed by atoms with Gasteiger partial charge in [0.25, 0.3) is 5.56 Å². The lowest BCUT2D eigenvalue weighted by molar-refractivity contribution is -0.129. The molecule has 0 bridgehead atoms. The first kappa shape index (κ1) is 18.0. The molecule has 6 nitrogen and oxygen atoms in total. The van der Waals surface area contributed by atoms with E-state index in [1.54, 1.807) is 16.2 Å². The Kier molecular flexibility index (Phi) is 5.07. The first-order chi connectivity index (χ1) is 12.5. The minimum Gasteiger partial charge on any atom is -0.391 e. The van der Waals surface area contributed by atoms with Crippen molar-refractivity contribution in [2.24, 2.45) is 0 Å². The predicted molar refractivity (Wildman–Crippen MR) is 105 cm³/mol. The van der Waals surface area contributed by atoms with E-state index in [-0.39, 0.29) is 17.5 Å². The molecule has 1 fully saturated rings. The fraction of sp³-hybridized carbons (Fsp3) is 0.611. The lowest BCUT2D eigenvalue weighted by atomic mass is 9.97. The van der Waals surface area contributed by atoms with Gasteiger partial charge in [-0.15, -0.1) is 23.1 Å². The number of amides is 1. The summed E-state index contributed by atoms with van der Waals surface area (Å²) in [7, 11) is 0. The van der Waals surface area contributed by atoms with E-state index in [2.05, 4.69) is 9.97 Å². The highest BCUT2D eigenvalue weighted by molar-refractivity contribution is 7.99. The second kappa shape index (κ2) is 7.32. The number of rotatable bonds is 4. The van der Waals surface area contributed by atoms with Gasteiger partial charge in [-0.1, -0.05) is 0 Å². The van der Waals surface area contributed by atoms with Gasteiger partial charge in [0.05, 0.1) is 23.0 Å². The number of aryl methyl sites for hydroxylation is 2. The maximum atomic E-state index is 12.5. The van der Waals surface area contributed by atoms with E-state index in [1.807, 2.05) is 6.92 Å². The summed E-state index contributed by atoms with van der Waals surface area (Å²) in [6.07, 6.45) is 4.58. The highest BCUT2D eigenvalue weighted by Crippen LogP contribution is 2.33. The molecule has 1 aliphatic carbocycles. The Bertz CT molecular complexity index is 892. The quantitative estimate of drug-likeness (QED) is 0.831. The summed E-state index contributed by atoms with van der Waals surface area (Å²) >= 11 is 3.10. The molecule has 2 atom stereocenters. The number of carbonyl (C=O) groups excluding carboxylic acids is 1. The van der Waals surface area contributed by atoms with Gasteiger partial charge in [0, 0.05) is 17.5 Å². The van der Waals surface area contributed by atoms with Crippen LogP contribution in [-0.2, 0) is 23.4 Å². The fourth-order valence-electron chi connectivity index (χ4n) is 3.94. The fourth-order valence-corrected chi connectivity index (χ4v) is 6.00. The molecule has 2 aliphatic rings. The Hall–Kier alpha value is -1.38. The van der Waals surface area contributed by atoms with Crippen molar-refractivity contribution in [2.75, 3.05) is 12.3 Å². The molecule has 0 unspecified atom stereocenters. The number of thioether (sulfide) groups is 1. The molecule has 1 saturated heterocycles. The number of aliphatic hydroxyl groups is 1. The predicted octanol–water partition coefficient (Wildman–Crippen LogP) is 2.08. The van der Waals surface area contributed by atoms with Crippen LogP contribution in [0.15, 0.2) is 4.79 Å². The van der Waals surface area contributed by atoms with Crippen molar-refractivity contribution in [3.05, 3.63) is 26.6 Å². The van der Waals surface area contributed by atoms with Gasteiger partial charge in [-0.25, -0.2) is 4.98 Å². The molecule has 140 valence electrons. The maximum Gasteiger partial charge on any atom is 0.259 e. The molecule has 0 saturated carbocycles. The number of aliphatic hydroxyl groups excluding tert-OH is 1. The number of hydrogen-bond acceptors (Lipinski definition) is 6. The van der Waals surface area contributed by atoms with Crippen LogP contribution in [0.5, 0.6) is 0 Å². The number of β-amino-alcohol motifs (C(OH)–C–C–N with tert-alkyl or cyclic N) is 1. The van der Waals surface area contributed by atoms with Gasteiger partial charge < -0.3 is 15.0 Å². The van der Waals surface area contributed by atoms with Gasteiger partial charge in [-0.2, -0.15) is 0 Å². The topological polar surface area (TPSA) is 86.3 Å². The number of nitrogens with zero attached hydrogens (tertiary/aromatic N) is 2. The standard InChI is InChI=1S/C18H23N3O3S2/c1-10-6-11(22)7-21(10)15(23)9-25-8-14-19-17(24)16-12-4-2-3-5-13(12)26-18(16)20-14/h10-11,22H,2-9H2,1H3,(H,19,20,24)/t10-,11+/m1/s1. The van der Waals surface area contributed by atoms with Crippen LogP contribution in [-0.4, -0.2) is 50.3 Å². The molecule has 0 radical (unpaired) electrons. The summed E-state index contributed by atoms with van der Waals surface area (Å²) in [5.74, 6) is 1.51. The Morgan fingerprint density at radius 1 is 1.42 bits per heavy atom. The number of fused-ring (bicyclic) bond motifs is 3. The SMILES string of the molecule is C[C@@H]1C[C@H](O)CN1C(=O)CSCc1nc2sc3c(c2c(=O)[nH]1)CCCC3. The van der Waals surface area contributed by atoms with Crippen LogP contribution in [0, 0.1) is 0 Å². The van der Waals surface area contributed by atoms with Crippen LogP contribution in [0.2, 0.25) is 0 Å². The summed E-state index contributed by atoms with van der Waals surface area (Å²) in [6.45, 7) is 2.38. The third kappa shape index (κ3) is 3.42. The van der Waals surface area contributed by atoms with Crippen molar-refractivity contribution in [3.8, 4) is 0 Å². The molecule has 2 aromatic heterocycles. The van der Waals surface area contributed by atoms with Crippen LogP contribution in [0.4, 0.5) is 0 Å². The first-order valence-electron chi connectivity index (χ1n) is 9.11. The Balaban J connectivity index is 1.43. The molecule has 8 heteroatoms. The maximum absolute atomic E-state index is 12.5. The highest BCUT2D eigenvalue weighted by Gasteiger charge is 2.30. The minimum absolute atomic E-state index is 0.0362. The number of nitrogens with one attached hydrogen (secondary N) is 1. The zero-order valence-corrected chi connectivity index (χ0v) is 16.4. The van der Waals surface area contributed by atoms with Crippen molar-refractivity contribution in [1.29, 1.82) is 0 Å². The second-order valence-electron chi connectivity index (χ2n) is 7.18. The third-order valence-corrected chi connectivity index (χ3v) is 7.33. The van der Waals surface area contributed by atoms with Crippen LogP contribution < -0.4 is 5.56 Å². The van der Waals surface area contributed by atoms with E-state index < -0.39 is 6.10 Å². The van der Waals surface area contributed by atoms with Crippen LogP contribution >= 0.6 is 23.1 Å². The summed E-state index contributed by atoms with van der Waals surface area (Å²) in [4.78, 5) is 36.2. The minimum atomic E-state index is -0.413. The van der Waals surface area contributed by atoms with E-state index in [9.17, 15) is 14.7 Å². The van der Waals surface area contributed by atoms with Crippen LogP contribution in [0.3, 0.4) is 0 Å². The molecule has 1 aliphatic heterocycles. The van der Waals surface area contributed by atoms with E-state index in [4.69, 9.17) is 0 Å². The van der Waals surface area contributed by atoms with Crippen LogP contribution in [0.25, 0.3) is 10.2 Å². The number of hydrogen-bond donors (Lipinski definition) is 2. The van der Waals surface area contributed by atoms with Gasteiger partial charge in [0.1, 0.15) is 10.7 Å². The molecular formula is C18H23N3O3S2. The Morgan fingerprint density at radius 3 is 3.00 bits per heavy atom. The normalized spacial score (nSPS) is 22.8. The number of aromatic amines is 1. The molecule has 0 spiro atoms.